The Hall–Kier alpha value is -1.95. The highest BCUT2D eigenvalue weighted by Gasteiger charge is 2.22. The third kappa shape index (κ3) is 3.44. The normalized spacial score (nSPS) is 10.8. The molecule has 0 atom stereocenters. The number of carbonyl (C=O) groups excluding carboxylic acids is 1. The molecular weight excluding hydrogens is 301 g/mol. The van der Waals surface area contributed by atoms with Gasteiger partial charge in [-0.1, -0.05) is 0 Å². The number of halogens is 1. The first-order valence-electron chi connectivity index (χ1n) is 7.21. The summed E-state index contributed by atoms with van der Waals surface area (Å²) in [6.45, 7) is 6.45. The predicted molar refractivity (Wildman–Crippen MR) is 88.8 cm³/mol. The number of aromatic nitrogens is 1. The summed E-state index contributed by atoms with van der Waals surface area (Å²) < 4.78 is 17.4. The van der Waals surface area contributed by atoms with Gasteiger partial charge in [-0.15, -0.1) is 0 Å². The summed E-state index contributed by atoms with van der Waals surface area (Å²) in [6.07, 6.45) is 0. The van der Waals surface area contributed by atoms with Crippen LogP contribution in [0.25, 0.3) is 11.3 Å². The Kier molecular flexibility index (Phi) is 5.13. The number of benzene rings is 1. The van der Waals surface area contributed by atoms with Crippen molar-refractivity contribution in [1.82, 2.24) is 9.27 Å². The standard InChI is InChI=1S/C16H20FN3OS/c1-5-20(16(21)19(4)11(2)3)15-10-14(18-22-15)12-6-8-13(17)9-7-12/h6-11H,5H2,1-4H3. The molecule has 0 aliphatic heterocycles. The molecule has 2 aromatic rings. The number of rotatable bonds is 4. The second-order valence-electron chi connectivity index (χ2n) is 5.29. The van der Waals surface area contributed by atoms with E-state index in [1.807, 2.05) is 26.8 Å². The van der Waals surface area contributed by atoms with Gasteiger partial charge in [-0.2, -0.15) is 4.37 Å². The maximum absolute atomic E-state index is 13.0. The molecule has 2 rings (SSSR count). The Balaban J connectivity index is 2.25. The molecule has 1 aromatic heterocycles. The third-order valence-corrected chi connectivity index (χ3v) is 4.34. The van der Waals surface area contributed by atoms with E-state index in [2.05, 4.69) is 4.37 Å². The zero-order valence-corrected chi connectivity index (χ0v) is 14.0. The number of carbonyl (C=O) groups is 1. The van der Waals surface area contributed by atoms with Crippen molar-refractivity contribution in [2.75, 3.05) is 18.5 Å². The molecule has 4 nitrogen and oxygen atoms in total. The lowest BCUT2D eigenvalue weighted by Gasteiger charge is -2.28. The first-order valence-corrected chi connectivity index (χ1v) is 7.98. The summed E-state index contributed by atoms with van der Waals surface area (Å²) >= 11 is 1.27. The van der Waals surface area contributed by atoms with Gasteiger partial charge in [0.15, 0.2) is 0 Å². The van der Waals surface area contributed by atoms with Gasteiger partial charge in [-0.05, 0) is 56.6 Å². The van der Waals surface area contributed by atoms with E-state index in [1.54, 1.807) is 29.0 Å². The van der Waals surface area contributed by atoms with E-state index in [1.165, 1.54) is 23.7 Å². The van der Waals surface area contributed by atoms with Crippen molar-refractivity contribution in [2.24, 2.45) is 0 Å². The molecule has 0 N–H and O–H groups in total. The molecule has 0 aliphatic rings. The van der Waals surface area contributed by atoms with Crippen molar-refractivity contribution in [1.29, 1.82) is 0 Å². The highest BCUT2D eigenvalue weighted by molar-refractivity contribution is 7.10. The van der Waals surface area contributed by atoms with Gasteiger partial charge < -0.3 is 4.90 Å². The van der Waals surface area contributed by atoms with E-state index >= 15 is 0 Å². The summed E-state index contributed by atoms with van der Waals surface area (Å²) in [4.78, 5) is 15.9. The van der Waals surface area contributed by atoms with Crippen LogP contribution in [0.2, 0.25) is 0 Å². The zero-order chi connectivity index (χ0) is 16.3. The lowest BCUT2D eigenvalue weighted by molar-refractivity contribution is 0.205. The average Bonchev–Trinajstić information content (AvgIpc) is 2.97. The van der Waals surface area contributed by atoms with Crippen LogP contribution < -0.4 is 4.90 Å². The molecule has 0 saturated heterocycles. The SMILES string of the molecule is CCN(C(=O)N(C)C(C)C)c1cc(-c2ccc(F)cc2)ns1. The first kappa shape index (κ1) is 16.4. The number of hydrogen-bond acceptors (Lipinski definition) is 3. The number of amides is 2. The highest BCUT2D eigenvalue weighted by atomic mass is 32.1. The maximum atomic E-state index is 13.0. The van der Waals surface area contributed by atoms with E-state index in [4.69, 9.17) is 0 Å². The Morgan fingerprint density at radius 2 is 1.95 bits per heavy atom. The van der Waals surface area contributed by atoms with Crippen molar-refractivity contribution >= 4 is 22.6 Å². The third-order valence-electron chi connectivity index (χ3n) is 3.53. The molecule has 0 fully saturated rings. The van der Waals surface area contributed by atoms with Crippen LogP contribution in [0.3, 0.4) is 0 Å². The molecule has 0 aliphatic carbocycles. The van der Waals surface area contributed by atoms with Gasteiger partial charge in [-0.3, -0.25) is 4.90 Å². The van der Waals surface area contributed by atoms with E-state index in [0.29, 0.717) is 6.54 Å². The lowest BCUT2D eigenvalue weighted by Crippen LogP contribution is -2.44. The number of nitrogens with zero attached hydrogens (tertiary/aromatic N) is 3. The molecule has 0 radical (unpaired) electrons. The van der Waals surface area contributed by atoms with Gasteiger partial charge in [0.25, 0.3) is 0 Å². The van der Waals surface area contributed by atoms with Crippen molar-refractivity contribution in [3.8, 4) is 11.3 Å². The maximum Gasteiger partial charge on any atom is 0.325 e. The first-order chi connectivity index (χ1) is 10.4. The van der Waals surface area contributed by atoms with Gasteiger partial charge in [0, 0.05) is 31.3 Å². The minimum Gasteiger partial charge on any atom is -0.325 e. The smallest absolute Gasteiger partial charge is 0.325 e. The van der Waals surface area contributed by atoms with Crippen LogP contribution in [0.4, 0.5) is 14.2 Å². The Labute approximate surface area is 134 Å². The molecule has 0 spiro atoms. The van der Waals surface area contributed by atoms with Crippen LogP contribution in [0.5, 0.6) is 0 Å². The monoisotopic (exact) mass is 321 g/mol. The van der Waals surface area contributed by atoms with E-state index in [9.17, 15) is 9.18 Å². The summed E-state index contributed by atoms with van der Waals surface area (Å²) in [5.41, 5.74) is 1.59. The molecule has 0 unspecified atom stereocenters. The summed E-state index contributed by atoms with van der Waals surface area (Å²) in [7, 11) is 1.79. The van der Waals surface area contributed by atoms with Crippen LogP contribution in [0.1, 0.15) is 20.8 Å². The fraction of sp³-hybridized carbons (Fsp3) is 0.375. The Morgan fingerprint density at radius 1 is 1.32 bits per heavy atom. The molecule has 0 saturated carbocycles. The highest BCUT2D eigenvalue weighted by Crippen LogP contribution is 2.29. The van der Waals surface area contributed by atoms with Crippen LogP contribution in [0, 0.1) is 5.82 Å². The summed E-state index contributed by atoms with van der Waals surface area (Å²) in [5, 5.41) is 0.791. The summed E-state index contributed by atoms with van der Waals surface area (Å²) in [6, 6.07) is 8.14. The molecule has 22 heavy (non-hydrogen) atoms. The van der Waals surface area contributed by atoms with Crippen molar-refractivity contribution in [3.63, 3.8) is 0 Å². The van der Waals surface area contributed by atoms with E-state index < -0.39 is 0 Å². The van der Waals surface area contributed by atoms with Gasteiger partial charge in [0.2, 0.25) is 0 Å². The number of hydrogen-bond donors (Lipinski definition) is 0. The van der Waals surface area contributed by atoms with Gasteiger partial charge in [0.1, 0.15) is 10.8 Å². The van der Waals surface area contributed by atoms with Crippen molar-refractivity contribution in [2.45, 2.75) is 26.8 Å². The Morgan fingerprint density at radius 3 is 2.50 bits per heavy atom. The van der Waals surface area contributed by atoms with Crippen LogP contribution >= 0.6 is 11.5 Å². The second kappa shape index (κ2) is 6.87. The van der Waals surface area contributed by atoms with Crippen molar-refractivity contribution < 1.29 is 9.18 Å². The molecule has 6 heteroatoms. The molecule has 1 heterocycles. The fourth-order valence-corrected chi connectivity index (χ4v) is 2.77. The average molecular weight is 321 g/mol. The Bertz CT molecular complexity index is 639. The summed E-state index contributed by atoms with van der Waals surface area (Å²) in [5.74, 6) is -0.275. The molecule has 0 bridgehead atoms. The second-order valence-corrected chi connectivity index (χ2v) is 6.07. The lowest BCUT2D eigenvalue weighted by atomic mass is 10.1. The topological polar surface area (TPSA) is 36.4 Å². The van der Waals surface area contributed by atoms with E-state index in [-0.39, 0.29) is 17.9 Å². The van der Waals surface area contributed by atoms with Gasteiger partial charge in [0.05, 0.1) is 5.69 Å². The molecule has 2 amide bonds. The van der Waals surface area contributed by atoms with Gasteiger partial charge >= 0.3 is 6.03 Å². The van der Waals surface area contributed by atoms with Crippen LogP contribution in [0.15, 0.2) is 30.3 Å². The van der Waals surface area contributed by atoms with E-state index in [0.717, 1.165) is 16.3 Å². The minimum absolute atomic E-state index is 0.0493. The predicted octanol–water partition coefficient (Wildman–Crippen LogP) is 4.24. The molecular formula is C16H20FN3OS. The van der Waals surface area contributed by atoms with Gasteiger partial charge in [-0.25, -0.2) is 9.18 Å². The zero-order valence-electron chi connectivity index (χ0n) is 13.2. The van der Waals surface area contributed by atoms with Crippen molar-refractivity contribution in [3.05, 3.63) is 36.1 Å². The fourth-order valence-electron chi connectivity index (χ4n) is 1.95. The quantitative estimate of drug-likeness (QED) is 0.844. The van der Waals surface area contributed by atoms with Crippen LogP contribution in [-0.4, -0.2) is 34.9 Å². The number of urea groups is 1. The minimum atomic E-state index is -0.275. The molecule has 1 aromatic carbocycles. The largest absolute Gasteiger partial charge is 0.325 e. The molecule has 118 valence electrons. The van der Waals surface area contributed by atoms with Crippen LogP contribution in [-0.2, 0) is 0 Å². The number of anilines is 1.